The number of halogens is 1. The summed E-state index contributed by atoms with van der Waals surface area (Å²) in [4.78, 5) is 11.7. The highest BCUT2D eigenvalue weighted by molar-refractivity contribution is 7.84. The van der Waals surface area contributed by atoms with Crippen molar-refractivity contribution >= 4 is 28.1 Å². The maximum Gasteiger partial charge on any atom is 0.224 e. The summed E-state index contributed by atoms with van der Waals surface area (Å²) in [5.41, 5.74) is 5.91. The van der Waals surface area contributed by atoms with Gasteiger partial charge in [-0.15, -0.1) is 0 Å². The molecule has 0 heterocycles. The van der Waals surface area contributed by atoms with E-state index in [-0.39, 0.29) is 11.6 Å². The molecule has 0 fully saturated rings. The number of benzene rings is 1. The normalized spacial score (nSPS) is 12.1. The molecular weight excluding hydrogens is 291 g/mol. The molecule has 0 aliphatic carbocycles. The first-order chi connectivity index (χ1) is 10.0. The quantitative estimate of drug-likeness (QED) is 0.543. The SMILES string of the molecule is CCCCCS(=O)CCCC(=O)Nc1ccc(F)c(N)c1. The van der Waals surface area contributed by atoms with E-state index in [1.54, 1.807) is 0 Å². The van der Waals surface area contributed by atoms with Crippen LogP contribution < -0.4 is 11.1 Å². The van der Waals surface area contributed by atoms with Crippen molar-refractivity contribution in [2.75, 3.05) is 22.6 Å². The Bertz CT molecular complexity index is 495. The van der Waals surface area contributed by atoms with Gasteiger partial charge in [0.2, 0.25) is 5.91 Å². The second kappa shape index (κ2) is 9.50. The monoisotopic (exact) mass is 314 g/mol. The Kier molecular flexibility index (Phi) is 7.97. The largest absolute Gasteiger partial charge is 0.396 e. The van der Waals surface area contributed by atoms with E-state index < -0.39 is 16.6 Å². The minimum absolute atomic E-state index is 0.00447. The van der Waals surface area contributed by atoms with Crippen molar-refractivity contribution in [2.24, 2.45) is 0 Å². The first-order valence-corrected chi connectivity index (χ1v) is 8.71. The molecule has 0 saturated carbocycles. The van der Waals surface area contributed by atoms with Crippen LogP contribution in [0.3, 0.4) is 0 Å². The molecule has 1 amide bonds. The predicted octanol–water partition coefficient (Wildman–Crippen LogP) is 3.07. The molecule has 1 aromatic rings. The summed E-state index contributed by atoms with van der Waals surface area (Å²) in [6.07, 6.45) is 4.07. The number of nitrogens with two attached hydrogens (primary N) is 1. The Morgan fingerprint density at radius 1 is 1.29 bits per heavy atom. The van der Waals surface area contributed by atoms with Crippen LogP contribution in [0.1, 0.15) is 39.0 Å². The molecule has 1 rings (SSSR count). The Labute approximate surface area is 127 Å². The highest BCUT2D eigenvalue weighted by atomic mass is 32.2. The number of unbranched alkanes of at least 4 members (excludes halogenated alkanes) is 2. The van der Waals surface area contributed by atoms with Gasteiger partial charge in [-0.3, -0.25) is 9.00 Å². The van der Waals surface area contributed by atoms with Gasteiger partial charge < -0.3 is 11.1 Å². The minimum atomic E-state index is -0.841. The Hall–Kier alpha value is -1.43. The third kappa shape index (κ3) is 7.22. The molecule has 0 saturated heterocycles. The summed E-state index contributed by atoms with van der Waals surface area (Å²) in [6, 6.07) is 4.07. The lowest BCUT2D eigenvalue weighted by Crippen LogP contribution is -2.13. The second-order valence-electron chi connectivity index (χ2n) is 4.94. The van der Waals surface area contributed by atoms with E-state index >= 15 is 0 Å². The number of nitrogens with one attached hydrogen (secondary N) is 1. The van der Waals surface area contributed by atoms with Gasteiger partial charge in [0.25, 0.3) is 0 Å². The third-order valence-corrected chi connectivity index (χ3v) is 4.52. The zero-order valence-corrected chi connectivity index (χ0v) is 13.2. The van der Waals surface area contributed by atoms with Gasteiger partial charge in [-0.05, 0) is 31.0 Å². The lowest BCUT2D eigenvalue weighted by molar-refractivity contribution is -0.116. The number of hydrogen-bond acceptors (Lipinski definition) is 3. The molecule has 0 radical (unpaired) electrons. The molecule has 6 heteroatoms. The van der Waals surface area contributed by atoms with Gasteiger partial charge in [0.15, 0.2) is 0 Å². The first-order valence-electron chi connectivity index (χ1n) is 7.22. The van der Waals surface area contributed by atoms with Crippen LogP contribution in [0.5, 0.6) is 0 Å². The molecule has 0 aliphatic heterocycles. The van der Waals surface area contributed by atoms with Crippen LogP contribution in [0.4, 0.5) is 15.8 Å². The van der Waals surface area contributed by atoms with Crippen LogP contribution in [0.15, 0.2) is 18.2 Å². The molecule has 118 valence electrons. The summed E-state index contributed by atoms with van der Waals surface area (Å²) in [5.74, 6) is 0.578. The first kappa shape index (κ1) is 17.6. The molecule has 0 aliphatic rings. The molecule has 1 unspecified atom stereocenters. The van der Waals surface area contributed by atoms with Crippen molar-refractivity contribution in [1.29, 1.82) is 0 Å². The van der Waals surface area contributed by atoms with Gasteiger partial charge >= 0.3 is 0 Å². The van der Waals surface area contributed by atoms with Crippen molar-refractivity contribution in [2.45, 2.75) is 39.0 Å². The molecule has 1 aromatic carbocycles. The lowest BCUT2D eigenvalue weighted by atomic mass is 10.2. The highest BCUT2D eigenvalue weighted by Gasteiger charge is 2.06. The summed E-state index contributed by atoms with van der Waals surface area (Å²) < 4.78 is 24.6. The minimum Gasteiger partial charge on any atom is -0.396 e. The number of anilines is 2. The van der Waals surface area contributed by atoms with Gasteiger partial charge in [0.05, 0.1) is 5.69 Å². The molecule has 0 spiro atoms. The number of hydrogen-bond donors (Lipinski definition) is 2. The van der Waals surface area contributed by atoms with Gasteiger partial charge in [0, 0.05) is 34.4 Å². The zero-order valence-electron chi connectivity index (χ0n) is 12.4. The van der Waals surface area contributed by atoms with Crippen LogP contribution in [0, 0.1) is 5.82 Å². The Morgan fingerprint density at radius 2 is 2.00 bits per heavy atom. The van der Waals surface area contributed by atoms with Crippen molar-refractivity contribution in [3.63, 3.8) is 0 Å². The van der Waals surface area contributed by atoms with Gasteiger partial charge in [-0.1, -0.05) is 19.8 Å². The zero-order chi connectivity index (χ0) is 15.7. The maximum absolute atomic E-state index is 13.0. The topological polar surface area (TPSA) is 72.2 Å². The average molecular weight is 314 g/mol. The number of rotatable bonds is 9. The highest BCUT2D eigenvalue weighted by Crippen LogP contribution is 2.16. The third-order valence-electron chi connectivity index (χ3n) is 3.03. The van der Waals surface area contributed by atoms with Crippen molar-refractivity contribution in [1.82, 2.24) is 0 Å². The summed E-state index contributed by atoms with van der Waals surface area (Å²) in [7, 11) is -0.841. The molecule has 3 N–H and O–H groups in total. The van der Waals surface area contributed by atoms with Crippen LogP contribution in [0.25, 0.3) is 0 Å². The number of nitrogen functional groups attached to an aromatic ring is 1. The van der Waals surface area contributed by atoms with Gasteiger partial charge in [-0.25, -0.2) is 4.39 Å². The van der Waals surface area contributed by atoms with Crippen molar-refractivity contribution in [3.05, 3.63) is 24.0 Å². The molecule has 0 bridgehead atoms. The van der Waals surface area contributed by atoms with Crippen LogP contribution in [-0.2, 0) is 15.6 Å². The van der Waals surface area contributed by atoms with E-state index in [1.165, 1.54) is 18.2 Å². The number of amides is 1. The van der Waals surface area contributed by atoms with E-state index in [4.69, 9.17) is 5.73 Å². The summed E-state index contributed by atoms with van der Waals surface area (Å²) in [6.45, 7) is 2.11. The Morgan fingerprint density at radius 3 is 2.67 bits per heavy atom. The van der Waals surface area contributed by atoms with E-state index in [0.29, 0.717) is 30.0 Å². The molecule has 0 aromatic heterocycles. The van der Waals surface area contributed by atoms with Crippen LogP contribution >= 0.6 is 0 Å². The van der Waals surface area contributed by atoms with Crippen LogP contribution in [-0.4, -0.2) is 21.6 Å². The van der Waals surface area contributed by atoms with Crippen molar-refractivity contribution < 1.29 is 13.4 Å². The lowest BCUT2D eigenvalue weighted by Gasteiger charge is -2.06. The van der Waals surface area contributed by atoms with Crippen molar-refractivity contribution in [3.8, 4) is 0 Å². The fourth-order valence-electron chi connectivity index (χ4n) is 1.85. The van der Waals surface area contributed by atoms with Gasteiger partial charge in [0.1, 0.15) is 5.82 Å². The van der Waals surface area contributed by atoms with Gasteiger partial charge in [-0.2, -0.15) is 0 Å². The average Bonchev–Trinajstić information content (AvgIpc) is 2.43. The molecule has 21 heavy (non-hydrogen) atoms. The smallest absolute Gasteiger partial charge is 0.224 e. The van der Waals surface area contributed by atoms with Crippen LogP contribution in [0.2, 0.25) is 0 Å². The molecular formula is C15H23FN2O2S. The maximum atomic E-state index is 13.0. The predicted molar refractivity (Wildman–Crippen MR) is 86.1 cm³/mol. The standard InChI is InChI=1S/C15H23FN2O2S/c1-2-3-4-9-21(20)10-5-6-15(19)18-12-7-8-13(16)14(17)11-12/h7-8,11H,2-6,9-10,17H2,1H3,(H,18,19). The molecule has 4 nitrogen and oxygen atoms in total. The fraction of sp³-hybridized carbons (Fsp3) is 0.533. The second-order valence-corrected chi connectivity index (χ2v) is 6.64. The summed E-state index contributed by atoms with van der Waals surface area (Å²) in [5, 5.41) is 2.65. The summed E-state index contributed by atoms with van der Waals surface area (Å²) >= 11 is 0. The van der Waals surface area contributed by atoms with E-state index in [2.05, 4.69) is 12.2 Å². The van der Waals surface area contributed by atoms with E-state index in [9.17, 15) is 13.4 Å². The molecule has 1 atom stereocenters. The van der Waals surface area contributed by atoms with E-state index in [1.807, 2.05) is 0 Å². The number of carbonyl (C=O) groups is 1. The Balaban J connectivity index is 2.24. The van der Waals surface area contributed by atoms with E-state index in [0.717, 1.165) is 19.3 Å². The number of carbonyl (C=O) groups excluding carboxylic acids is 1. The fourth-order valence-corrected chi connectivity index (χ4v) is 3.05.